The summed E-state index contributed by atoms with van der Waals surface area (Å²) in [6.07, 6.45) is -0.562. The van der Waals surface area contributed by atoms with Gasteiger partial charge in [0.15, 0.2) is 0 Å². The Hall–Kier alpha value is -0.250. The van der Waals surface area contributed by atoms with E-state index in [9.17, 15) is 13.2 Å². The Bertz CT molecular complexity index is 167. The maximum absolute atomic E-state index is 12.1. The Morgan fingerprint density at radius 1 is 1.14 bits per heavy atom. The predicted octanol–water partition coefficient (Wildman–Crippen LogP) is 3.53. The average Bonchev–Trinajstić information content (AvgIpc) is 2.27. The van der Waals surface area contributed by atoms with Crippen LogP contribution in [0.2, 0.25) is 0 Å². The quantitative estimate of drug-likeness (QED) is 0.633. The van der Waals surface area contributed by atoms with Crippen LogP contribution in [-0.4, -0.2) is 19.4 Å². The number of methoxy groups -OCH3 is 1. The molecule has 0 aliphatic heterocycles. The van der Waals surface area contributed by atoms with Gasteiger partial charge in [-0.05, 0) is 25.2 Å². The standard InChI is InChI=1S/C10H17F3O/c1-14-9-4-2-3-8(5-6-9)7-10(11,12)13/h8-9H,2-7H2,1H3. The van der Waals surface area contributed by atoms with Gasteiger partial charge in [0.25, 0.3) is 0 Å². The Labute approximate surface area is 82.6 Å². The molecule has 0 N–H and O–H groups in total. The van der Waals surface area contributed by atoms with Crippen LogP contribution in [0, 0.1) is 5.92 Å². The zero-order chi connectivity index (χ0) is 10.6. The van der Waals surface area contributed by atoms with Crippen molar-refractivity contribution in [1.29, 1.82) is 0 Å². The first-order valence-electron chi connectivity index (χ1n) is 5.11. The lowest BCUT2D eigenvalue weighted by molar-refractivity contribution is -0.145. The van der Waals surface area contributed by atoms with Crippen LogP contribution in [0.1, 0.15) is 38.5 Å². The van der Waals surface area contributed by atoms with E-state index in [2.05, 4.69) is 0 Å². The van der Waals surface area contributed by atoms with Gasteiger partial charge in [0, 0.05) is 13.5 Å². The molecular weight excluding hydrogens is 193 g/mol. The molecule has 84 valence electrons. The van der Waals surface area contributed by atoms with E-state index in [4.69, 9.17) is 4.74 Å². The molecule has 0 saturated heterocycles. The highest BCUT2D eigenvalue weighted by atomic mass is 19.4. The second-order valence-corrected chi connectivity index (χ2v) is 4.05. The summed E-state index contributed by atoms with van der Waals surface area (Å²) in [7, 11) is 1.63. The minimum Gasteiger partial charge on any atom is -0.381 e. The van der Waals surface area contributed by atoms with Crippen LogP contribution in [0.4, 0.5) is 13.2 Å². The van der Waals surface area contributed by atoms with E-state index in [1.807, 2.05) is 0 Å². The van der Waals surface area contributed by atoms with E-state index in [0.717, 1.165) is 19.3 Å². The SMILES string of the molecule is COC1CCCC(CC(F)(F)F)CC1. The fraction of sp³-hybridized carbons (Fsp3) is 1.00. The minimum absolute atomic E-state index is 0.174. The largest absolute Gasteiger partial charge is 0.389 e. The number of hydrogen-bond donors (Lipinski definition) is 0. The lowest BCUT2D eigenvalue weighted by Gasteiger charge is -2.16. The van der Waals surface area contributed by atoms with Gasteiger partial charge in [-0.2, -0.15) is 13.2 Å². The Morgan fingerprint density at radius 2 is 1.86 bits per heavy atom. The van der Waals surface area contributed by atoms with Crippen LogP contribution >= 0.6 is 0 Å². The molecule has 1 aliphatic carbocycles. The second kappa shape index (κ2) is 5.01. The summed E-state index contributed by atoms with van der Waals surface area (Å²) in [5, 5.41) is 0. The molecule has 0 aromatic rings. The normalized spacial score (nSPS) is 30.0. The number of ether oxygens (including phenoxy) is 1. The van der Waals surface area contributed by atoms with Crippen molar-refractivity contribution in [1.82, 2.24) is 0 Å². The number of alkyl halides is 3. The molecule has 0 radical (unpaired) electrons. The van der Waals surface area contributed by atoms with E-state index in [1.165, 1.54) is 0 Å². The lowest BCUT2D eigenvalue weighted by Crippen LogP contribution is -2.15. The van der Waals surface area contributed by atoms with E-state index in [0.29, 0.717) is 12.8 Å². The molecule has 0 heterocycles. The van der Waals surface area contributed by atoms with Crippen LogP contribution in [0.25, 0.3) is 0 Å². The van der Waals surface area contributed by atoms with E-state index >= 15 is 0 Å². The summed E-state index contributed by atoms with van der Waals surface area (Å²) >= 11 is 0. The van der Waals surface area contributed by atoms with Gasteiger partial charge < -0.3 is 4.74 Å². The third-order valence-corrected chi connectivity index (χ3v) is 2.89. The van der Waals surface area contributed by atoms with Gasteiger partial charge in [0.1, 0.15) is 0 Å². The summed E-state index contributed by atoms with van der Waals surface area (Å²) in [4.78, 5) is 0. The molecular formula is C10H17F3O. The molecule has 2 unspecified atom stereocenters. The fourth-order valence-corrected chi connectivity index (χ4v) is 2.11. The van der Waals surface area contributed by atoms with Crippen LogP contribution in [0.15, 0.2) is 0 Å². The van der Waals surface area contributed by atoms with Crippen LogP contribution < -0.4 is 0 Å². The molecule has 1 fully saturated rings. The van der Waals surface area contributed by atoms with Crippen molar-refractivity contribution in [3.63, 3.8) is 0 Å². The molecule has 0 aromatic carbocycles. The van der Waals surface area contributed by atoms with Gasteiger partial charge in [0.05, 0.1) is 6.10 Å². The first-order valence-corrected chi connectivity index (χ1v) is 5.11. The van der Waals surface area contributed by atoms with Gasteiger partial charge in [-0.15, -0.1) is 0 Å². The van der Waals surface area contributed by atoms with E-state index in [-0.39, 0.29) is 12.0 Å². The third-order valence-electron chi connectivity index (χ3n) is 2.89. The molecule has 0 bridgehead atoms. The molecule has 1 saturated carbocycles. The first kappa shape index (κ1) is 11.8. The highest BCUT2D eigenvalue weighted by Gasteiger charge is 2.32. The smallest absolute Gasteiger partial charge is 0.381 e. The zero-order valence-electron chi connectivity index (χ0n) is 8.44. The fourth-order valence-electron chi connectivity index (χ4n) is 2.11. The van der Waals surface area contributed by atoms with Gasteiger partial charge in [-0.1, -0.05) is 12.8 Å². The summed E-state index contributed by atoms with van der Waals surface area (Å²) in [6.45, 7) is 0. The molecule has 4 heteroatoms. The van der Waals surface area contributed by atoms with E-state index < -0.39 is 12.6 Å². The molecule has 0 spiro atoms. The summed E-state index contributed by atoms with van der Waals surface area (Å²) in [6, 6.07) is 0. The van der Waals surface area contributed by atoms with Crippen molar-refractivity contribution in [2.45, 2.75) is 50.8 Å². The topological polar surface area (TPSA) is 9.23 Å². The molecule has 1 rings (SSSR count). The molecule has 2 atom stereocenters. The summed E-state index contributed by atoms with van der Waals surface area (Å²) in [5.74, 6) is -0.185. The summed E-state index contributed by atoms with van der Waals surface area (Å²) < 4.78 is 41.5. The van der Waals surface area contributed by atoms with Gasteiger partial charge in [-0.3, -0.25) is 0 Å². The second-order valence-electron chi connectivity index (χ2n) is 4.05. The van der Waals surface area contributed by atoms with Crippen LogP contribution in [0.3, 0.4) is 0 Å². The number of hydrogen-bond acceptors (Lipinski definition) is 1. The van der Waals surface area contributed by atoms with E-state index in [1.54, 1.807) is 7.11 Å². The molecule has 14 heavy (non-hydrogen) atoms. The minimum atomic E-state index is -4.00. The number of rotatable bonds is 2. The van der Waals surface area contributed by atoms with Crippen molar-refractivity contribution >= 4 is 0 Å². The molecule has 1 nitrogen and oxygen atoms in total. The maximum atomic E-state index is 12.1. The van der Waals surface area contributed by atoms with Gasteiger partial charge in [-0.25, -0.2) is 0 Å². The zero-order valence-corrected chi connectivity index (χ0v) is 8.44. The molecule has 0 aromatic heterocycles. The predicted molar refractivity (Wildman–Crippen MR) is 48.0 cm³/mol. The highest BCUT2D eigenvalue weighted by Crippen LogP contribution is 2.33. The Morgan fingerprint density at radius 3 is 2.43 bits per heavy atom. The molecule has 1 aliphatic rings. The Balaban J connectivity index is 2.34. The van der Waals surface area contributed by atoms with Crippen molar-refractivity contribution in [3.8, 4) is 0 Å². The van der Waals surface area contributed by atoms with Crippen molar-refractivity contribution in [2.24, 2.45) is 5.92 Å². The highest BCUT2D eigenvalue weighted by molar-refractivity contribution is 4.72. The Kier molecular flexibility index (Phi) is 4.23. The maximum Gasteiger partial charge on any atom is 0.389 e. The van der Waals surface area contributed by atoms with Crippen molar-refractivity contribution in [3.05, 3.63) is 0 Å². The monoisotopic (exact) mass is 210 g/mol. The molecule has 0 amide bonds. The van der Waals surface area contributed by atoms with Crippen molar-refractivity contribution in [2.75, 3.05) is 7.11 Å². The van der Waals surface area contributed by atoms with Crippen molar-refractivity contribution < 1.29 is 17.9 Å². The average molecular weight is 210 g/mol. The third kappa shape index (κ3) is 4.31. The van der Waals surface area contributed by atoms with Gasteiger partial charge >= 0.3 is 6.18 Å². The first-order chi connectivity index (χ1) is 6.51. The number of halogens is 3. The summed E-state index contributed by atoms with van der Waals surface area (Å²) in [5.41, 5.74) is 0. The van der Waals surface area contributed by atoms with Crippen LogP contribution in [0.5, 0.6) is 0 Å². The van der Waals surface area contributed by atoms with Crippen LogP contribution in [-0.2, 0) is 4.74 Å². The lowest BCUT2D eigenvalue weighted by atomic mass is 9.96. The van der Waals surface area contributed by atoms with Gasteiger partial charge in [0.2, 0.25) is 0 Å².